The molecule has 6 heteroatoms. The Bertz CT molecular complexity index is 1190. The molecule has 4 rings (SSSR count). The van der Waals surface area contributed by atoms with Crippen LogP contribution in [0.2, 0.25) is 5.02 Å². The number of carbonyl (C=O) groups excluding carboxylic acids is 1. The second kappa shape index (κ2) is 11.5. The predicted octanol–water partition coefficient (Wildman–Crippen LogP) is 8.20. The number of aromatic nitrogens is 1. The Balaban J connectivity index is 1.41. The minimum atomic E-state index is -0.0146. The summed E-state index contributed by atoms with van der Waals surface area (Å²) in [6.07, 6.45) is 2.40. The molecular formula is C27H25ClN2OS2. The van der Waals surface area contributed by atoms with E-state index in [1.165, 1.54) is 16.0 Å². The van der Waals surface area contributed by atoms with Crippen LogP contribution in [-0.4, -0.2) is 16.6 Å². The number of nitrogens with zero attached hydrogens (tertiary/aromatic N) is 1. The molecule has 1 N–H and O–H groups in total. The zero-order chi connectivity index (χ0) is 23.0. The molecule has 33 heavy (non-hydrogen) atoms. The van der Waals surface area contributed by atoms with E-state index in [2.05, 4.69) is 48.6 Å². The number of hydrogen-bond acceptors (Lipinski definition) is 4. The molecule has 1 aromatic heterocycles. The van der Waals surface area contributed by atoms with Crippen molar-refractivity contribution < 1.29 is 4.79 Å². The van der Waals surface area contributed by atoms with E-state index in [1.54, 1.807) is 23.1 Å². The first-order valence-electron chi connectivity index (χ1n) is 11.0. The highest BCUT2D eigenvalue weighted by Gasteiger charge is 2.15. The van der Waals surface area contributed by atoms with E-state index in [-0.39, 0.29) is 5.91 Å². The fourth-order valence-corrected chi connectivity index (χ4v) is 5.53. The van der Waals surface area contributed by atoms with Gasteiger partial charge >= 0.3 is 0 Å². The molecule has 0 saturated heterocycles. The van der Waals surface area contributed by atoms with Gasteiger partial charge in [0, 0.05) is 32.5 Å². The molecule has 3 aromatic carbocycles. The molecule has 1 amide bonds. The van der Waals surface area contributed by atoms with Crippen molar-refractivity contribution in [2.75, 3.05) is 11.1 Å². The van der Waals surface area contributed by atoms with Gasteiger partial charge < -0.3 is 5.32 Å². The quantitative estimate of drug-likeness (QED) is 0.239. The number of thiazole rings is 1. The van der Waals surface area contributed by atoms with E-state index in [9.17, 15) is 4.79 Å². The average molecular weight is 493 g/mol. The van der Waals surface area contributed by atoms with Gasteiger partial charge in [-0.05, 0) is 41.8 Å². The number of rotatable bonds is 9. The van der Waals surface area contributed by atoms with E-state index in [0.717, 1.165) is 29.0 Å². The van der Waals surface area contributed by atoms with E-state index >= 15 is 0 Å². The number of benzene rings is 3. The fourth-order valence-electron chi connectivity index (χ4n) is 3.45. The Hall–Kier alpha value is -2.60. The summed E-state index contributed by atoms with van der Waals surface area (Å²) in [7, 11) is 0. The molecule has 0 unspecified atom stereocenters. The topological polar surface area (TPSA) is 42.0 Å². The van der Waals surface area contributed by atoms with Crippen LogP contribution >= 0.6 is 34.7 Å². The van der Waals surface area contributed by atoms with Gasteiger partial charge in [-0.1, -0.05) is 79.5 Å². The number of amides is 1. The second-order valence-corrected chi connectivity index (χ2v) is 10.3. The molecule has 0 aliphatic heterocycles. The van der Waals surface area contributed by atoms with Gasteiger partial charge in [0.2, 0.25) is 5.91 Å². The maximum absolute atomic E-state index is 12.5. The van der Waals surface area contributed by atoms with Crippen LogP contribution in [0.3, 0.4) is 0 Å². The molecule has 0 aliphatic carbocycles. The highest BCUT2D eigenvalue weighted by molar-refractivity contribution is 7.99. The first-order chi connectivity index (χ1) is 16.1. The van der Waals surface area contributed by atoms with Gasteiger partial charge in [0.15, 0.2) is 5.13 Å². The van der Waals surface area contributed by atoms with Crippen LogP contribution in [0.1, 0.15) is 24.6 Å². The van der Waals surface area contributed by atoms with E-state index in [1.807, 2.05) is 42.5 Å². The molecule has 0 fully saturated rings. The highest BCUT2D eigenvalue weighted by Crippen LogP contribution is 2.33. The maximum Gasteiger partial charge on any atom is 0.226 e. The third-order valence-corrected chi connectivity index (χ3v) is 7.39. The zero-order valence-corrected chi connectivity index (χ0v) is 20.8. The largest absolute Gasteiger partial charge is 0.302 e. The SMILES string of the molecule is CCCc1sc(NC(=O)CCSc2ccc(Cl)cc2)nc1-c1ccc(-c2ccccc2)cc1. The lowest BCUT2D eigenvalue weighted by molar-refractivity contribution is -0.115. The molecule has 3 nitrogen and oxygen atoms in total. The first-order valence-corrected chi connectivity index (χ1v) is 13.1. The normalized spacial score (nSPS) is 10.8. The standard InChI is InChI=1S/C27H25ClN2OS2/c1-2-6-24-26(21-11-9-20(10-12-21)19-7-4-3-5-8-19)30-27(33-24)29-25(31)17-18-32-23-15-13-22(28)14-16-23/h3-5,7-16H,2,6,17-18H2,1H3,(H,29,30,31). The predicted molar refractivity (Wildman–Crippen MR) is 142 cm³/mol. The third-order valence-electron chi connectivity index (χ3n) is 5.10. The number of nitrogens with one attached hydrogen (secondary N) is 1. The number of anilines is 1. The highest BCUT2D eigenvalue weighted by atomic mass is 35.5. The number of hydrogen-bond donors (Lipinski definition) is 1. The fraction of sp³-hybridized carbons (Fsp3) is 0.185. The molecule has 0 spiro atoms. The van der Waals surface area contributed by atoms with Crippen LogP contribution in [0.5, 0.6) is 0 Å². The Kier molecular flexibility index (Phi) is 8.21. The minimum absolute atomic E-state index is 0.0146. The van der Waals surface area contributed by atoms with Gasteiger partial charge in [0.05, 0.1) is 5.69 Å². The summed E-state index contributed by atoms with van der Waals surface area (Å²) < 4.78 is 0. The van der Waals surface area contributed by atoms with Crippen molar-refractivity contribution in [3.63, 3.8) is 0 Å². The van der Waals surface area contributed by atoms with Crippen LogP contribution in [0, 0.1) is 0 Å². The minimum Gasteiger partial charge on any atom is -0.302 e. The number of aryl methyl sites for hydroxylation is 1. The summed E-state index contributed by atoms with van der Waals surface area (Å²) in [6.45, 7) is 2.16. The van der Waals surface area contributed by atoms with Crippen LogP contribution in [0.15, 0.2) is 83.8 Å². The van der Waals surface area contributed by atoms with Gasteiger partial charge in [0.25, 0.3) is 0 Å². The van der Waals surface area contributed by atoms with Crippen LogP contribution < -0.4 is 5.32 Å². The lowest BCUT2D eigenvalue weighted by Crippen LogP contribution is -2.11. The first kappa shape index (κ1) is 23.6. The molecule has 168 valence electrons. The summed E-state index contributed by atoms with van der Waals surface area (Å²) in [5, 5.41) is 4.38. The van der Waals surface area contributed by atoms with E-state index in [4.69, 9.17) is 16.6 Å². The lowest BCUT2D eigenvalue weighted by atomic mass is 10.0. The third kappa shape index (κ3) is 6.47. The molecule has 0 atom stereocenters. The molecule has 1 heterocycles. The van der Waals surface area contributed by atoms with Crippen LogP contribution in [0.4, 0.5) is 5.13 Å². The van der Waals surface area contributed by atoms with Crippen molar-refractivity contribution in [3.05, 3.63) is 88.8 Å². The van der Waals surface area contributed by atoms with Gasteiger partial charge in [-0.2, -0.15) is 0 Å². The van der Waals surface area contributed by atoms with Crippen molar-refractivity contribution in [2.45, 2.75) is 31.1 Å². The molecule has 0 radical (unpaired) electrons. The van der Waals surface area contributed by atoms with Gasteiger partial charge in [-0.25, -0.2) is 4.98 Å². The Morgan fingerprint density at radius 2 is 1.61 bits per heavy atom. The zero-order valence-electron chi connectivity index (χ0n) is 18.4. The molecule has 4 aromatic rings. The average Bonchev–Trinajstić information content (AvgIpc) is 3.23. The van der Waals surface area contributed by atoms with E-state index < -0.39 is 0 Å². The van der Waals surface area contributed by atoms with Crippen molar-refractivity contribution in [1.29, 1.82) is 0 Å². The van der Waals surface area contributed by atoms with E-state index in [0.29, 0.717) is 22.3 Å². The van der Waals surface area contributed by atoms with Gasteiger partial charge in [-0.15, -0.1) is 23.1 Å². The van der Waals surface area contributed by atoms with Gasteiger partial charge in [0.1, 0.15) is 0 Å². The van der Waals surface area contributed by atoms with Crippen molar-refractivity contribution in [2.24, 2.45) is 0 Å². The summed E-state index contributed by atoms with van der Waals surface area (Å²) >= 11 is 9.14. The summed E-state index contributed by atoms with van der Waals surface area (Å²) in [5.41, 5.74) is 4.42. The Morgan fingerprint density at radius 1 is 0.939 bits per heavy atom. The Labute approximate surface area is 208 Å². The second-order valence-electron chi connectivity index (χ2n) is 7.58. The number of carbonyl (C=O) groups is 1. The van der Waals surface area contributed by atoms with Crippen molar-refractivity contribution in [1.82, 2.24) is 4.98 Å². The molecule has 0 aliphatic rings. The van der Waals surface area contributed by atoms with Crippen LogP contribution in [-0.2, 0) is 11.2 Å². The summed E-state index contributed by atoms with van der Waals surface area (Å²) in [6, 6.07) is 26.5. The number of thioether (sulfide) groups is 1. The molecular weight excluding hydrogens is 468 g/mol. The molecule has 0 saturated carbocycles. The summed E-state index contributed by atoms with van der Waals surface area (Å²) in [5.74, 6) is 0.688. The lowest BCUT2D eigenvalue weighted by Gasteiger charge is -2.05. The van der Waals surface area contributed by atoms with Gasteiger partial charge in [-0.3, -0.25) is 4.79 Å². The molecule has 0 bridgehead atoms. The monoisotopic (exact) mass is 492 g/mol. The number of halogens is 1. The van der Waals surface area contributed by atoms with Crippen LogP contribution in [0.25, 0.3) is 22.4 Å². The maximum atomic E-state index is 12.5. The Morgan fingerprint density at radius 3 is 2.30 bits per heavy atom. The van der Waals surface area contributed by atoms with Crippen molar-refractivity contribution >= 4 is 45.7 Å². The summed E-state index contributed by atoms with van der Waals surface area (Å²) in [4.78, 5) is 19.6. The van der Waals surface area contributed by atoms with Crippen molar-refractivity contribution in [3.8, 4) is 22.4 Å². The smallest absolute Gasteiger partial charge is 0.226 e.